The van der Waals surface area contributed by atoms with Crippen molar-refractivity contribution in [1.82, 2.24) is 9.97 Å². The average molecular weight is 513 g/mol. The maximum Gasteiger partial charge on any atom is 0.277 e. The van der Waals surface area contributed by atoms with E-state index in [1.807, 2.05) is 56.3 Å². The number of aromatic nitrogens is 2. The summed E-state index contributed by atoms with van der Waals surface area (Å²) < 4.78 is 10.7. The molecule has 9 heteroatoms. The number of fused-ring (bicyclic) bond motifs is 2. The van der Waals surface area contributed by atoms with Crippen LogP contribution in [0.3, 0.4) is 0 Å². The zero-order chi connectivity index (χ0) is 25.5. The Labute approximate surface area is 217 Å². The number of nitrogens with one attached hydrogen (secondary N) is 1. The van der Waals surface area contributed by atoms with Gasteiger partial charge in [-0.3, -0.25) is 14.6 Å². The molecule has 0 atom stereocenters. The van der Waals surface area contributed by atoms with Crippen molar-refractivity contribution >= 4 is 34.0 Å². The number of aryl methyl sites for hydroxylation is 2. The average Bonchev–Trinajstić information content (AvgIpc) is 3.61. The number of rotatable bonds is 5. The molecule has 0 unspecified atom stereocenters. The first kappa shape index (κ1) is 23.2. The van der Waals surface area contributed by atoms with Gasteiger partial charge in [-0.2, -0.15) is 0 Å². The molecule has 4 aromatic rings. The molecule has 0 radical (unpaired) electrons. The number of thiazole rings is 1. The van der Waals surface area contributed by atoms with Crippen molar-refractivity contribution in [3.8, 4) is 22.8 Å². The highest BCUT2D eigenvalue weighted by Crippen LogP contribution is 2.37. The third-order valence-corrected chi connectivity index (χ3v) is 7.44. The normalized spacial score (nSPS) is 13.5. The van der Waals surface area contributed by atoms with Gasteiger partial charge in [0.25, 0.3) is 5.91 Å². The van der Waals surface area contributed by atoms with Gasteiger partial charge in [0, 0.05) is 28.9 Å². The van der Waals surface area contributed by atoms with E-state index in [9.17, 15) is 9.59 Å². The SMILES string of the molecule is Cc1cccnc1C(=O)N1CCc2cc(-c3nc(NC(=O)Cc4ccc5c(c4)OCO5)sc3C)ccc21. The van der Waals surface area contributed by atoms with Crippen LogP contribution in [0.1, 0.15) is 32.1 Å². The lowest BCUT2D eigenvalue weighted by molar-refractivity contribution is -0.115. The molecule has 0 saturated carbocycles. The molecule has 37 heavy (non-hydrogen) atoms. The molecule has 2 aliphatic heterocycles. The molecule has 0 spiro atoms. The van der Waals surface area contributed by atoms with Crippen molar-refractivity contribution in [3.63, 3.8) is 0 Å². The van der Waals surface area contributed by atoms with Crippen molar-refractivity contribution < 1.29 is 19.1 Å². The third kappa shape index (κ3) is 4.42. The molecule has 4 heterocycles. The summed E-state index contributed by atoms with van der Waals surface area (Å²) >= 11 is 1.45. The Morgan fingerprint density at radius 1 is 1.08 bits per heavy atom. The minimum absolute atomic E-state index is 0.0816. The molecule has 1 N–H and O–H groups in total. The molecule has 6 rings (SSSR count). The molecule has 0 aliphatic carbocycles. The summed E-state index contributed by atoms with van der Waals surface area (Å²) in [6.45, 7) is 4.71. The topological polar surface area (TPSA) is 93.7 Å². The first-order valence-electron chi connectivity index (χ1n) is 12.0. The smallest absolute Gasteiger partial charge is 0.277 e. The van der Waals surface area contributed by atoms with Crippen molar-refractivity contribution in [2.45, 2.75) is 26.7 Å². The zero-order valence-electron chi connectivity index (χ0n) is 20.4. The molecule has 186 valence electrons. The summed E-state index contributed by atoms with van der Waals surface area (Å²) in [5.41, 5.74) is 5.99. The van der Waals surface area contributed by atoms with Crippen LogP contribution < -0.4 is 19.7 Å². The van der Waals surface area contributed by atoms with E-state index in [0.717, 1.165) is 44.9 Å². The van der Waals surface area contributed by atoms with E-state index in [1.165, 1.54) is 11.3 Å². The fraction of sp³-hybridized carbons (Fsp3) is 0.214. The van der Waals surface area contributed by atoms with E-state index in [1.54, 1.807) is 11.1 Å². The van der Waals surface area contributed by atoms with E-state index < -0.39 is 0 Å². The summed E-state index contributed by atoms with van der Waals surface area (Å²) in [5, 5.41) is 3.48. The third-order valence-electron chi connectivity index (χ3n) is 6.55. The lowest BCUT2D eigenvalue weighted by Gasteiger charge is -2.18. The number of carbonyl (C=O) groups excluding carboxylic acids is 2. The van der Waals surface area contributed by atoms with Crippen molar-refractivity contribution in [2.24, 2.45) is 0 Å². The largest absolute Gasteiger partial charge is 0.454 e. The van der Waals surface area contributed by atoms with Crippen molar-refractivity contribution in [1.29, 1.82) is 0 Å². The summed E-state index contributed by atoms with van der Waals surface area (Å²) in [5.74, 6) is 1.12. The van der Waals surface area contributed by atoms with Crippen molar-refractivity contribution in [2.75, 3.05) is 23.6 Å². The van der Waals surface area contributed by atoms with Crippen LogP contribution in [0, 0.1) is 13.8 Å². The van der Waals surface area contributed by atoms with Crippen LogP contribution >= 0.6 is 11.3 Å². The number of hydrogen-bond acceptors (Lipinski definition) is 7. The Balaban J connectivity index is 1.17. The number of hydrogen-bond donors (Lipinski definition) is 1. The quantitative estimate of drug-likeness (QED) is 0.407. The minimum atomic E-state index is -0.146. The van der Waals surface area contributed by atoms with Crippen LogP contribution in [0.25, 0.3) is 11.3 Å². The number of pyridine rings is 1. The second-order valence-electron chi connectivity index (χ2n) is 9.06. The fourth-order valence-corrected chi connectivity index (χ4v) is 5.57. The summed E-state index contributed by atoms with van der Waals surface area (Å²) in [7, 11) is 0. The van der Waals surface area contributed by atoms with Gasteiger partial charge in [-0.05, 0) is 67.3 Å². The first-order valence-corrected chi connectivity index (χ1v) is 12.8. The van der Waals surface area contributed by atoms with Crippen LogP contribution in [0.5, 0.6) is 11.5 Å². The molecule has 2 aliphatic rings. The highest BCUT2D eigenvalue weighted by Gasteiger charge is 2.28. The maximum atomic E-state index is 13.1. The highest BCUT2D eigenvalue weighted by molar-refractivity contribution is 7.16. The maximum absolute atomic E-state index is 13.1. The minimum Gasteiger partial charge on any atom is -0.454 e. The second kappa shape index (κ2) is 9.33. The van der Waals surface area contributed by atoms with Crippen LogP contribution in [-0.4, -0.2) is 35.1 Å². The molecule has 2 aromatic carbocycles. The highest BCUT2D eigenvalue weighted by atomic mass is 32.1. The predicted octanol–water partition coefficient (Wildman–Crippen LogP) is 4.93. The lowest BCUT2D eigenvalue weighted by Crippen LogP contribution is -2.30. The van der Waals surface area contributed by atoms with Gasteiger partial charge in [0.15, 0.2) is 16.6 Å². The molecule has 2 aromatic heterocycles. The Morgan fingerprint density at radius 2 is 1.95 bits per heavy atom. The van der Waals surface area contributed by atoms with Gasteiger partial charge in [-0.25, -0.2) is 4.98 Å². The van der Waals surface area contributed by atoms with Crippen LogP contribution in [-0.2, 0) is 17.6 Å². The Kier molecular flexibility index (Phi) is 5.84. The summed E-state index contributed by atoms with van der Waals surface area (Å²) in [4.78, 5) is 37.6. The van der Waals surface area contributed by atoms with Gasteiger partial charge < -0.3 is 19.7 Å². The van der Waals surface area contributed by atoms with Crippen LogP contribution in [0.2, 0.25) is 0 Å². The van der Waals surface area contributed by atoms with Crippen LogP contribution in [0.4, 0.5) is 10.8 Å². The Morgan fingerprint density at radius 3 is 2.81 bits per heavy atom. The lowest BCUT2D eigenvalue weighted by atomic mass is 10.1. The molecular weight excluding hydrogens is 488 g/mol. The number of carbonyl (C=O) groups is 2. The van der Waals surface area contributed by atoms with E-state index in [-0.39, 0.29) is 25.0 Å². The Hall–Kier alpha value is -4.24. The van der Waals surface area contributed by atoms with Gasteiger partial charge in [-0.15, -0.1) is 11.3 Å². The number of nitrogens with zero attached hydrogens (tertiary/aromatic N) is 3. The van der Waals surface area contributed by atoms with Gasteiger partial charge in [0.1, 0.15) is 5.69 Å². The van der Waals surface area contributed by atoms with Gasteiger partial charge in [0.2, 0.25) is 12.7 Å². The molecule has 0 bridgehead atoms. The molecule has 0 saturated heterocycles. The first-order chi connectivity index (χ1) is 18.0. The summed E-state index contributed by atoms with van der Waals surface area (Å²) in [6, 6.07) is 15.3. The monoisotopic (exact) mass is 512 g/mol. The number of benzene rings is 2. The van der Waals surface area contributed by atoms with E-state index in [0.29, 0.717) is 28.9 Å². The van der Waals surface area contributed by atoms with Gasteiger partial charge >= 0.3 is 0 Å². The molecule has 2 amide bonds. The Bertz CT molecular complexity index is 1550. The summed E-state index contributed by atoms with van der Waals surface area (Å²) in [6.07, 6.45) is 2.63. The van der Waals surface area contributed by atoms with Gasteiger partial charge in [0.05, 0.1) is 12.1 Å². The predicted molar refractivity (Wildman–Crippen MR) is 142 cm³/mol. The molecule has 8 nitrogen and oxygen atoms in total. The molecule has 0 fully saturated rings. The van der Waals surface area contributed by atoms with E-state index >= 15 is 0 Å². The number of ether oxygens (including phenoxy) is 2. The standard InChI is InChI=1S/C28H24N4O4S/c1-16-4-3-10-29-25(16)27(34)32-11-9-19-14-20(6-7-21(19)32)26-17(2)37-28(31-26)30-24(33)13-18-5-8-22-23(12-18)36-15-35-22/h3-8,10,12,14H,9,11,13,15H2,1-2H3,(H,30,31,33). The van der Waals surface area contributed by atoms with Crippen molar-refractivity contribution in [3.05, 3.63) is 82.0 Å². The van der Waals surface area contributed by atoms with E-state index in [2.05, 4.69) is 16.4 Å². The van der Waals surface area contributed by atoms with Crippen LogP contribution in [0.15, 0.2) is 54.7 Å². The second-order valence-corrected chi connectivity index (χ2v) is 10.3. The fourth-order valence-electron chi connectivity index (χ4n) is 4.71. The number of anilines is 2. The molecular formula is C28H24N4O4S. The number of amides is 2. The van der Waals surface area contributed by atoms with Gasteiger partial charge in [-0.1, -0.05) is 18.2 Å². The van der Waals surface area contributed by atoms with E-state index in [4.69, 9.17) is 14.5 Å². The zero-order valence-corrected chi connectivity index (χ0v) is 21.2.